The van der Waals surface area contributed by atoms with Crippen molar-refractivity contribution < 1.29 is 9.18 Å². The third-order valence-corrected chi connectivity index (χ3v) is 3.40. The zero-order chi connectivity index (χ0) is 16.3. The fraction of sp³-hybridized carbons (Fsp3) is 0.375. The van der Waals surface area contributed by atoms with E-state index in [4.69, 9.17) is 5.73 Å². The molecule has 0 aliphatic heterocycles. The first-order chi connectivity index (χ1) is 10.4. The summed E-state index contributed by atoms with van der Waals surface area (Å²) in [4.78, 5) is 12.4. The number of nitrogens with two attached hydrogens (primary N) is 1. The van der Waals surface area contributed by atoms with Gasteiger partial charge in [0.2, 0.25) is 0 Å². The molecule has 0 saturated carbocycles. The van der Waals surface area contributed by atoms with Crippen LogP contribution in [0.1, 0.15) is 42.7 Å². The molecule has 1 aromatic heterocycles. The van der Waals surface area contributed by atoms with Crippen LogP contribution in [0.4, 0.5) is 4.39 Å². The highest BCUT2D eigenvalue weighted by Gasteiger charge is 2.21. The number of amides is 1. The van der Waals surface area contributed by atoms with E-state index in [-0.39, 0.29) is 23.7 Å². The molecule has 0 aliphatic carbocycles. The summed E-state index contributed by atoms with van der Waals surface area (Å²) in [6.07, 6.45) is 1.54. The van der Waals surface area contributed by atoms with Gasteiger partial charge in [-0.2, -0.15) is 5.10 Å². The van der Waals surface area contributed by atoms with Crippen molar-refractivity contribution in [2.75, 3.05) is 6.54 Å². The lowest BCUT2D eigenvalue weighted by Crippen LogP contribution is -2.38. The van der Waals surface area contributed by atoms with Crippen LogP contribution >= 0.6 is 0 Å². The lowest BCUT2D eigenvalue weighted by atomic mass is 10.0. The molecule has 0 unspecified atom stereocenters. The SMILES string of the molecule is CC(C)c1c(C(=O)N[C@@H](C)CN)cnn1-c1ccc(F)cc1. The standard InChI is InChI=1S/C16H21FN4O/c1-10(2)15-14(16(22)20-11(3)8-18)9-19-21(15)13-6-4-12(17)5-7-13/h4-7,9-11H,8,18H2,1-3H3,(H,20,22)/t11-/m0/s1. The summed E-state index contributed by atoms with van der Waals surface area (Å²) in [6.45, 7) is 6.19. The minimum absolute atomic E-state index is 0.0847. The lowest BCUT2D eigenvalue weighted by molar-refractivity contribution is 0.0940. The Morgan fingerprint density at radius 1 is 1.32 bits per heavy atom. The number of hydrogen-bond acceptors (Lipinski definition) is 3. The van der Waals surface area contributed by atoms with E-state index in [9.17, 15) is 9.18 Å². The Morgan fingerprint density at radius 3 is 2.50 bits per heavy atom. The van der Waals surface area contributed by atoms with E-state index in [0.717, 1.165) is 11.4 Å². The van der Waals surface area contributed by atoms with Gasteiger partial charge in [-0.1, -0.05) is 13.8 Å². The van der Waals surface area contributed by atoms with Gasteiger partial charge >= 0.3 is 0 Å². The quantitative estimate of drug-likeness (QED) is 0.889. The fourth-order valence-electron chi connectivity index (χ4n) is 2.24. The molecule has 22 heavy (non-hydrogen) atoms. The normalized spacial score (nSPS) is 12.5. The molecule has 0 radical (unpaired) electrons. The first-order valence-electron chi connectivity index (χ1n) is 7.28. The summed E-state index contributed by atoms with van der Waals surface area (Å²) < 4.78 is 14.7. The van der Waals surface area contributed by atoms with Crippen molar-refractivity contribution in [3.8, 4) is 5.69 Å². The summed E-state index contributed by atoms with van der Waals surface area (Å²) in [6, 6.07) is 5.91. The third kappa shape index (κ3) is 3.33. The van der Waals surface area contributed by atoms with Crippen molar-refractivity contribution in [3.63, 3.8) is 0 Å². The van der Waals surface area contributed by atoms with E-state index in [2.05, 4.69) is 10.4 Å². The number of aromatic nitrogens is 2. The molecule has 118 valence electrons. The molecule has 5 nitrogen and oxygen atoms in total. The maximum absolute atomic E-state index is 13.1. The Bertz CT molecular complexity index is 649. The number of rotatable bonds is 5. The second-order valence-corrected chi connectivity index (χ2v) is 5.60. The number of carbonyl (C=O) groups is 1. The molecule has 0 saturated heterocycles. The third-order valence-electron chi connectivity index (χ3n) is 3.40. The Kier molecular flexibility index (Phi) is 4.92. The van der Waals surface area contributed by atoms with Crippen molar-refractivity contribution in [2.45, 2.75) is 32.7 Å². The Labute approximate surface area is 129 Å². The number of carbonyl (C=O) groups excluding carboxylic acids is 1. The molecule has 3 N–H and O–H groups in total. The number of hydrogen-bond donors (Lipinski definition) is 2. The summed E-state index contributed by atoms with van der Waals surface area (Å²) in [7, 11) is 0. The maximum Gasteiger partial charge on any atom is 0.255 e. The molecule has 0 bridgehead atoms. The van der Waals surface area contributed by atoms with Gasteiger partial charge in [-0.15, -0.1) is 0 Å². The molecule has 1 amide bonds. The van der Waals surface area contributed by atoms with E-state index in [1.165, 1.54) is 18.3 Å². The van der Waals surface area contributed by atoms with E-state index in [0.29, 0.717) is 12.1 Å². The first-order valence-corrected chi connectivity index (χ1v) is 7.28. The summed E-state index contributed by atoms with van der Waals surface area (Å²) in [5.41, 5.74) is 7.55. The highest BCUT2D eigenvalue weighted by molar-refractivity contribution is 5.95. The van der Waals surface area contributed by atoms with Crippen LogP contribution in [0.3, 0.4) is 0 Å². The van der Waals surface area contributed by atoms with Crippen LogP contribution < -0.4 is 11.1 Å². The monoisotopic (exact) mass is 304 g/mol. The topological polar surface area (TPSA) is 72.9 Å². The minimum atomic E-state index is -0.309. The van der Waals surface area contributed by atoms with Crippen LogP contribution in [0, 0.1) is 5.82 Å². The molecule has 1 heterocycles. The molecule has 0 aliphatic rings. The average Bonchev–Trinajstić information content (AvgIpc) is 2.93. The molecule has 0 spiro atoms. The molecule has 1 atom stereocenters. The van der Waals surface area contributed by atoms with Crippen LogP contribution in [0.15, 0.2) is 30.5 Å². The fourth-order valence-corrected chi connectivity index (χ4v) is 2.24. The van der Waals surface area contributed by atoms with E-state index in [1.54, 1.807) is 16.8 Å². The van der Waals surface area contributed by atoms with Crippen molar-refractivity contribution in [1.29, 1.82) is 0 Å². The van der Waals surface area contributed by atoms with Gasteiger partial charge in [0.25, 0.3) is 5.91 Å². The predicted octanol–water partition coefficient (Wildman–Crippen LogP) is 2.21. The van der Waals surface area contributed by atoms with E-state index in [1.807, 2.05) is 20.8 Å². The van der Waals surface area contributed by atoms with Crippen LogP contribution in [-0.2, 0) is 0 Å². The maximum atomic E-state index is 13.1. The Morgan fingerprint density at radius 2 is 1.95 bits per heavy atom. The second kappa shape index (κ2) is 6.70. The van der Waals surface area contributed by atoms with Gasteiger partial charge in [0, 0.05) is 12.6 Å². The van der Waals surface area contributed by atoms with Crippen molar-refractivity contribution in [3.05, 3.63) is 47.5 Å². The molecule has 0 fully saturated rings. The van der Waals surface area contributed by atoms with Gasteiger partial charge in [0.05, 0.1) is 23.1 Å². The van der Waals surface area contributed by atoms with Crippen LogP contribution in [-0.4, -0.2) is 28.3 Å². The summed E-state index contributed by atoms with van der Waals surface area (Å²) >= 11 is 0. The smallest absolute Gasteiger partial charge is 0.255 e. The Hall–Kier alpha value is -2.21. The van der Waals surface area contributed by atoms with Crippen molar-refractivity contribution >= 4 is 5.91 Å². The second-order valence-electron chi connectivity index (χ2n) is 5.60. The number of benzene rings is 1. The van der Waals surface area contributed by atoms with Gasteiger partial charge in [0.1, 0.15) is 5.82 Å². The van der Waals surface area contributed by atoms with Crippen LogP contribution in [0.2, 0.25) is 0 Å². The number of halogens is 1. The molecule has 6 heteroatoms. The molecule has 2 aromatic rings. The predicted molar refractivity (Wildman–Crippen MR) is 83.6 cm³/mol. The van der Waals surface area contributed by atoms with Crippen LogP contribution in [0.5, 0.6) is 0 Å². The summed E-state index contributed by atoms with van der Waals surface area (Å²) in [5, 5.41) is 7.13. The zero-order valence-corrected chi connectivity index (χ0v) is 13.0. The Balaban J connectivity index is 2.41. The van der Waals surface area contributed by atoms with Gasteiger partial charge in [-0.25, -0.2) is 9.07 Å². The number of nitrogens with one attached hydrogen (secondary N) is 1. The van der Waals surface area contributed by atoms with Gasteiger partial charge in [-0.3, -0.25) is 4.79 Å². The molecule has 2 rings (SSSR count). The average molecular weight is 304 g/mol. The van der Waals surface area contributed by atoms with E-state index >= 15 is 0 Å². The van der Waals surface area contributed by atoms with Crippen LogP contribution in [0.25, 0.3) is 5.69 Å². The lowest BCUT2D eigenvalue weighted by Gasteiger charge is -2.15. The molecular formula is C16H21FN4O. The zero-order valence-electron chi connectivity index (χ0n) is 13.0. The molecule has 1 aromatic carbocycles. The first kappa shape index (κ1) is 16.2. The highest BCUT2D eigenvalue weighted by Crippen LogP contribution is 2.23. The number of nitrogens with zero attached hydrogens (tertiary/aromatic N) is 2. The van der Waals surface area contributed by atoms with Crippen molar-refractivity contribution in [2.24, 2.45) is 5.73 Å². The van der Waals surface area contributed by atoms with Gasteiger partial charge in [0.15, 0.2) is 0 Å². The minimum Gasteiger partial charge on any atom is -0.348 e. The van der Waals surface area contributed by atoms with Gasteiger partial charge in [-0.05, 0) is 37.1 Å². The van der Waals surface area contributed by atoms with E-state index < -0.39 is 0 Å². The molecular weight excluding hydrogens is 283 g/mol. The summed E-state index contributed by atoms with van der Waals surface area (Å²) in [5.74, 6) is -0.423. The van der Waals surface area contributed by atoms with Gasteiger partial charge < -0.3 is 11.1 Å². The largest absolute Gasteiger partial charge is 0.348 e. The highest BCUT2D eigenvalue weighted by atomic mass is 19.1. The van der Waals surface area contributed by atoms with Crippen molar-refractivity contribution in [1.82, 2.24) is 15.1 Å².